The monoisotopic (exact) mass is 499 g/mol. The van der Waals surface area contributed by atoms with Crippen LogP contribution in [0, 0.1) is 24.6 Å². The molecule has 196 valence electrons. The van der Waals surface area contributed by atoms with Gasteiger partial charge in [0.1, 0.15) is 11.6 Å². The van der Waals surface area contributed by atoms with E-state index < -0.39 is 23.7 Å². The van der Waals surface area contributed by atoms with Crippen LogP contribution in [-0.2, 0) is 4.79 Å². The molecule has 0 spiro atoms. The molecule has 1 aromatic carbocycles. The third kappa shape index (κ3) is 7.38. The number of anilines is 3. The number of carboxylic acids is 1. The van der Waals surface area contributed by atoms with Gasteiger partial charge in [0, 0.05) is 6.04 Å². The van der Waals surface area contributed by atoms with E-state index in [1.165, 1.54) is 37.7 Å². The number of rotatable bonds is 10. The predicted octanol–water partition coefficient (Wildman–Crippen LogP) is 6.55. The lowest BCUT2D eigenvalue weighted by atomic mass is 9.79. The van der Waals surface area contributed by atoms with Crippen LogP contribution in [0.1, 0.15) is 83.0 Å². The van der Waals surface area contributed by atoms with E-state index in [1.54, 1.807) is 13.0 Å². The minimum atomic E-state index is -0.993. The van der Waals surface area contributed by atoms with Gasteiger partial charge in [-0.3, -0.25) is 4.79 Å². The first-order chi connectivity index (χ1) is 17.2. The molecule has 2 aromatic rings. The van der Waals surface area contributed by atoms with Crippen molar-refractivity contribution in [2.45, 2.75) is 84.6 Å². The Hall–Kier alpha value is -3.23. The Morgan fingerprint density at radius 2 is 1.75 bits per heavy atom. The average molecular weight is 500 g/mol. The Labute approximate surface area is 212 Å². The number of hydrogen-bond donors (Lipinski definition) is 4. The van der Waals surface area contributed by atoms with E-state index in [0.29, 0.717) is 41.1 Å². The molecule has 1 aliphatic carbocycles. The Morgan fingerprint density at radius 3 is 2.33 bits per heavy atom. The number of halogens is 1. The largest absolute Gasteiger partial charge is 0.481 e. The highest BCUT2D eigenvalue weighted by atomic mass is 19.1. The van der Waals surface area contributed by atoms with Crippen molar-refractivity contribution in [3.8, 4) is 0 Å². The molecule has 3 rings (SSSR count). The maximum absolute atomic E-state index is 15.4. The molecule has 2 atom stereocenters. The number of nitrogens with one attached hydrogen (secondary N) is 3. The smallest absolute Gasteiger partial charge is 0.323 e. The van der Waals surface area contributed by atoms with E-state index in [1.807, 2.05) is 6.92 Å². The predicted molar refractivity (Wildman–Crippen MR) is 140 cm³/mol. The maximum Gasteiger partial charge on any atom is 0.323 e. The van der Waals surface area contributed by atoms with Crippen LogP contribution in [0.3, 0.4) is 0 Å². The van der Waals surface area contributed by atoms with Crippen LogP contribution in [0.25, 0.3) is 0 Å². The second kappa shape index (κ2) is 12.6. The van der Waals surface area contributed by atoms with Gasteiger partial charge in [0.2, 0.25) is 0 Å². The normalized spacial score (nSPS) is 15.8. The van der Waals surface area contributed by atoms with Crippen LogP contribution in [0.2, 0.25) is 0 Å². The Morgan fingerprint density at radius 1 is 1.08 bits per heavy atom. The molecule has 2 unspecified atom stereocenters. The summed E-state index contributed by atoms with van der Waals surface area (Å²) in [5.41, 5.74) is 1.59. The van der Waals surface area contributed by atoms with Crippen LogP contribution < -0.4 is 16.0 Å². The molecule has 0 saturated heterocycles. The Kier molecular flexibility index (Phi) is 9.61. The summed E-state index contributed by atoms with van der Waals surface area (Å²) in [7, 11) is 0. The van der Waals surface area contributed by atoms with E-state index in [-0.39, 0.29) is 18.0 Å². The SMILES string of the molecule is CCC(CC(=O)O)c1cc(NC(=O)Nc2cnc(C)nc2)c(NC(C(C)C)C2CCCCC2)cc1F. The molecular weight excluding hydrogens is 461 g/mol. The van der Waals surface area contributed by atoms with Crippen molar-refractivity contribution >= 4 is 29.1 Å². The number of hydrogen-bond acceptors (Lipinski definition) is 5. The fraction of sp³-hybridized carbons (Fsp3) is 0.556. The van der Waals surface area contributed by atoms with Crippen molar-refractivity contribution in [2.75, 3.05) is 16.0 Å². The van der Waals surface area contributed by atoms with Gasteiger partial charge in [0.15, 0.2) is 0 Å². The zero-order valence-electron chi connectivity index (χ0n) is 21.6. The van der Waals surface area contributed by atoms with Gasteiger partial charge in [0.05, 0.1) is 35.9 Å². The average Bonchev–Trinajstić information content (AvgIpc) is 2.84. The molecule has 0 aliphatic heterocycles. The summed E-state index contributed by atoms with van der Waals surface area (Å²) in [6, 6.07) is 2.56. The summed E-state index contributed by atoms with van der Waals surface area (Å²) < 4.78 is 15.4. The molecule has 1 aliphatic rings. The summed E-state index contributed by atoms with van der Waals surface area (Å²) >= 11 is 0. The number of carbonyl (C=O) groups excluding carboxylic acids is 1. The molecule has 1 heterocycles. The second-order valence-electron chi connectivity index (χ2n) is 10.0. The van der Waals surface area contributed by atoms with Gasteiger partial charge in [0.25, 0.3) is 0 Å². The third-order valence-corrected chi connectivity index (χ3v) is 6.98. The van der Waals surface area contributed by atoms with Gasteiger partial charge < -0.3 is 21.1 Å². The van der Waals surface area contributed by atoms with Crippen LogP contribution in [0.15, 0.2) is 24.5 Å². The number of aromatic nitrogens is 2. The van der Waals surface area contributed by atoms with Crippen molar-refractivity contribution in [1.82, 2.24) is 9.97 Å². The summed E-state index contributed by atoms with van der Waals surface area (Å²) in [5.74, 6) is -0.630. The van der Waals surface area contributed by atoms with Crippen molar-refractivity contribution in [3.63, 3.8) is 0 Å². The number of benzene rings is 1. The quantitative estimate of drug-likeness (QED) is 0.294. The summed E-state index contributed by atoms with van der Waals surface area (Å²) in [5, 5.41) is 18.4. The molecular formula is C27H38FN5O3. The van der Waals surface area contributed by atoms with Gasteiger partial charge in [-0.25, -0.2) is 19.2 Å². The summed E-state index contributed by atoms with van der Waals surface area (Å²) in [4.78, 5) is 32.4. The van der Waals surface area contributed by atoms with Crippen LogP contribution >= 0.6 is 0 Å². The van der Waals surface area contributed by atoms with Gasteiger partial charge in [-0.05, 0) is 61.6 Å². The number of urea groups is 1. The van der Waals surface area contributed by atoms with Crippen molar-refractivity contribution < 1.29 is 19.1 Å². The van der Waals surface area contributed by atoms with E-state index in [9.17, 15) is 14.7 Å². The number of carboxylic acid groups (broad SMARTS) is 1. The first-order valence-corrected chi connectivity index (χ1v) is 12.9. The Bertz CT molecular complexity index is 1040. The minimum absolute atomic E-state index is 0.116. The lowest BCUT2D eigenvalue weighted by Gasteiger charge is -2.35. The van der Waals surface area contributed by atoms with Gasteiger partial charge in [-0.15, -0.1) is 0 Å². The fourth-order valence-electron chi connectivity index (χ4n) is 5.05. The van der Waals surface area contributed by atoms with E-state index in [0.717, 1.165) is 12.8 Å². The summed E-state index contributed by atoms with van der Waals surface area (Å²) in [6.45, 7) is 7.87. The highest BCUT2D eigenvalue weighted by Gasteiger charge is 2.28. The highest BCUT2D eigenvalue weighted by molar-refractivity contribution is 6.01. The molecule has 1 saturated carbocycles. The first kappa shape index (κ1) is 27.4. The molecule has 9 heteroatoms. The Balaban J connectivity index is 1.93. The van der Waals surface area contributed by atoms with Gasteiger partial charge in [-0.2, -0.15) is 0 Å². The molecule has 2 amide bonds. The zero-order chi connectivity index (χ0) is 26.2. The van der Waals surface area contributed by atoms with E-state index in [4.69, 9.17) is 0 Å². The molecule has 0 bridgehead atoms. The number of nitrogens with zero attached hydrogens (tertiary/aromatic N) is 2. The van der Waals surface area contributed by atoms with E-state index in [2.05, 4.69) is 39.8 Å². The maximum atomic E-state index is 15.4. The van der Waals surface area contributed by atoms with Gasteiger partial charge in [-0.1, -0.05) is 40.0 Å². The molecule has 1 fully saturated rings. The first-order valence-electron chi connectivity index (χ1n) is 12.9. The van der Waals surface area contributed by atoms with Crippen LogP contribution in [0.4, 0.5) is 26.2 Å². The number of aryl methyl sites for hydroxylation is 1. The number of aliphatic carboxylic acids is 1. The standard InChI is InChI=1S/C27H38FN5O3/c1-5-18(11-25(34)35)21-12-23(33-27(36)31-20-14-29-17(4)30-15-20)24(13-22(21)28)32-26(16(2)3)19-9-7-6-8-10-19/h12-16,18-19,26,32H,5-11H2,1-4H3,(H,34,35)(H2,31,33,36). The van der Waals surface area contributed by atoms with Crippen LogP contribution in [0.5, 0.6) is 0 Å². The third-order valence-electron chi connectivity index (χ3n) is 6.98. The lowest BCUT2D eigenvalue weighted by Crippen LogP contribution is -2.36. The van der Waals surface area contributed by atoms with Gasteiger partial charge >= 0.3 is 12.0 Å². The second-order valence-corrected chi connectivity index (χ2v) is 10.0. The molecule has 8 nitrogen and oxygen atoms in total. The lowest BCUT2D eigenvalue weighted by molar-refractivity contribution is -0.137. The van der Waals surface area contributed by atoms with Crippen molar-refractivity contribution in [3.05, 3.63) is 41.7 Å². The summed E-state index contributed by atoms with van der Waals surface area (Å²) in [6.07, 6.45) is 9.12. The van der Waals surface area contributed by atoms with Crippen molar-refractivity contribution in [2.24, 2.45) is 11.8 Å². The number of carbonyl (C=O) groups is 2. The molecule has 0 radical (unpaired) electrons. The zero-order valence-corrected chi connectivity index (χ0v) is 21.6. The molecule has 4 N–H and O–H groups in total. The molecule has 1 aromatic heterocycles. The molecule has 36 heavy (non-hydrogen) atoms. The minimum Gasteiger partial charge on any atom is -0.481 e. The number of amides is 2. The van der Waals surface area contributed by atoms with E-state index >= 15 is 4.39 Å². The van der Waals surface area contributed by atoms with Crippen molar-refractivity contribution in [1.29, 1.82) is 0 Å². The fourth-order valence-corrected chi connectivity index (χ4v) is 5.05. The highest BCUT2D eigenvalue weighted by Crippen LogP contribution is 2.37. The topological polar surface area (TPSA) is 116 Å². The van der Waals surface area contributed by atoms with Crippen LogP contribution in [-0.4, -0.2) is 33.1 Å².